The number of halogens is 2. The van der Waals surface area contributed by atoms with Gasteiger partial charge in [-0.3, -0.25) is 0 Å². The Hall–Kier alpha value is -4.61. The van der Waals surface area contributed by atoms with Crippen molar-refractivity contribution >= 4 is 21.9 Å². The van der Waals surface area contributed by atoms with Crippen molar-refractivity contribution in [2.75, 3.05) is 0 Å². The summed E-state index contributed by atoms with van der Waals surface area (Å²) < 4.78 is 31.7. The van der Waals surface area contributed by atoms with Crippen LogP contribution in [0.5, 0.6) is 17.2 Å². The maximum atomic E-state index is 13.9. The van der Waals surface area contributed by atoms with Crippen molar-refractivity contribution in [1.29, 1.82) is 5.26 Å². The first-order chi connectivity index (χ1) is 18.4. The lowest BCUT2D eigenvalue weighted by atomic mass is 9.83. The van der Waals surface area contributed by atoms with E-state index in [9.17, 15) is 14.4 Å². The molecule has 188 valence electrons. The number of carbonyl (C=O) groups is 1. The van der Waals surface area contributed by atoms with E-state index in [1.165, 1.54) is 6.07 Å². The van der Waals surface area contributed by atoms with Gasteiger partial charge < -0.3 is 19.9 Å². The summed E-state index contributed by atoms with van der Waals surface area (Å²) in [6, 6.07) is 27.5. The van der Waals surface area contributed by atoms with Crippen molar-refractivity contribution in [2.24, 2.45) is 5.73 Å². The Bertz CT molecular complexity index is 1580. The van der Waals surface area contributed by atoms with Crippen LogP contribution < -0.4 is 19.9 Å². The number of benzene rings is 4. The van der Waals surface area contributed by atoms with Crippen molar-refractivity contribution in [1.82, 2.24) is 0 Å². The predicted molar refractivity (Wildman–Crippen MR) is 142 cm³/mol. The van der Waals surface area contributed by atoms with Crippen molar-refractivity contribution in [3.05, 3.63) is 135 Å². The van der Waals surface area contributed by atoms with Crippen LogP contribution in [0.3, 0.4) is 0 Å². The topological polar surface area (TPSA) is 94.6 Å². The van der Waals surface area contributed by atoms with Crippen LogP contribution in [-0.2, 0) is 6.61 Å². The highest BCUT2D eigenvalue weighted by atomic mass is 79.9. The van der Waals surface area contributed by atoms with Gasteiger partial charge in [0.25, 0.3) is 0 Å². The first-order valence-electron chi connectivity index (χ1n) is 11.6. The summed E-state index contributed by atoms with van der Waals surface area (Å²) in [5.41, 5.74) is 8.70. The maximum Gasteiger partial charge on any atom is 0.343 e. The number of nitrogens with two attached hydrogens (primary N) is 1. The molecule has 1 aliphatic rings. The SMILES string of the molecule is N#CC1=C(N)Oc2cc(OC(=O)c3ccc(Br)cc3)ccc2C1c1ccc(OCc2ccccc2F)cc1. The Kier molecular flexibility index (Phi) is 7.11. The number of carbonyl (C=O) groups excluding carboxylic acids is 1. The van der Waals surface area contributed by atoms with Crippen molar-refractivity contribution in [2.45, 2.75) is 12.5 Å². The van der Waals surface area contributed by atoms with Crippen LogP contribution in [0.25, 0.3) is 0 Å². The fourth-order valence-electron chi connectivity index (χ4n) is 4.13. The number of nitriles is 1. The van der Waals surface area contributed by atoms with E-state index in [2.05, 4.69) is 22.0 Å². The largest absolute Gasteiger partial charge is 0.489 e. The lowest BCUT2D eigenvalue weighted by molar-refractivity contribution is 0.0734. The van der Waals surface area contributed by atoms with Crippen LogP contribution in [0, 0.1) is 17.1 Å². The van der Waals surface area contributed by atoms with Crippen LogP contribution >= 0.6 is 15.9 Å². The van der Waals surface area contributed by atoms with Gasteiger partial charge in [0.1, 0.15) is 41.3 Å². The van der Waals surface area contributed by atoms with Gasteiger partial charge in [-0.15, -0.1) is 0 Å². The third-order valence-corrected chi connectivity index (χ3v) is 6.58. The molecule has 0 amide bonds. The highest BCUT2D eigenvalue weighted by Crippen LogP contribution is 2.43. The van der Waals surface area contributed by atoms with Crippen LogP contribution in [0.15, 0.2) is 107 Å². The zero-order chi connectivity index (χ0) is 26.6. The van der Waals surface area contributed by atoms with Gasteiger partial charge in [0.2, 0.25) is 5.88 Å². The minimum atomic E-state index is -0.517. The predicted octanol–water partition coefficient (Wildman–Crippen LogP) is 6.60. The number of nitrogens with zero attached hydrogens (tertiary/aromatic N) is 1. The molecule has 0 aromatic heterocycles. The van der Waals surface area contributed by atoms with Gasteiger partial charge in [-0.2, -0.15) is 5.26 Å². The quantitative estimate of drug-likeness (QED) is 0.207. The number of hydrogen-bond donors (Lipinski definition) is 1. The molecule has 1 aliphatic heterocycles. The molecule has 38 heavy (non-hydrogen) atoms. The Morgan fingerprint density at radius 1 is 1.00 bits per heavy atom. The Morgan fingerprint density at radius 3 is 2.42 bits per heavy atom. The number of hydrogen-bond acceptors (Lipinski definition) is 6. The first-order valence-corrected chi connectivity index (χ1v) is 12.4. The van der Waals surface area contributed by atoms with Crippen LogP contribution in [-0.4, -0.2) is 5.97 Å². The molecule has 1 atom stereocenters. The van der Waals surface area contributed by atoms with E-state index in [0.29, 0.717) is 28.2 Å². The van der Waals surface area contributed by atoms with Gasteiger partial charge in [0.15, 0.2) is 0 Å². The average Bonchev–Trinajstić information content (AvgIpc) is 2.92. The molecular formula is C30H20BrFN2O4. The number of fused-ring (bicyclic) bond motifs is 1. The number of esters is 1. The summed E-state index contributed by atoms with van der Waals surface area (Å²) in [6.07, 6.45) is 0. The molecular weight excluding hydrogens is 551 g/mol. The van der Waals surface area contributed by atoms with Crippen LogP contribution in [0.1, 0.15) is 33.0 Å². The van der Waals surface area contributed by atoms with Gasteiger partial charge in [-0.25, -0.2) is 9.18 Å². The normalized spacial score (nSPS) is 14.2. The standard InChI is InChI=1S/C30H20BrFN2O4/c31-21-9-5-19(6-10-21)30(35)37-23-13-14-24-27(15-23)38-29(34)25(16-33)28(24)18-7-11-22(12-8-18)36-17-20-3-1-2-4-26(20)32/h1-15,28H,17,34H2. The fourth-order valence-corrected chi connectivity index (χ4v) is 4.39. The van der Waals surface area contributed by atoms with Gasteiger partial charge in [0, 0.05) is 21.7 Å². The minimum Gasteiger partial charge on any atom is -0.489 e. The van der Waals surface area contributed by atoms with E-state index in [-0.39, 0.29) is 29.6 Å². The monoisotopic (exact) mass is 570 g/mol. The summed E-state index contributed by atoms with van der Waals surface area (Å²) in [7, 11) is 0. The van der Waals surface area contributed by atoms with Gasteiger partial charge in [-0.1, -0.05) is 52.3 Å². The molecule has 8 heteroatoms. The van der Waals surface area contributed by atoms with E-state index in [0.717, 1.165) is 10.0 Å². The molecule has 0 saturated heterocycles. The fraction of sp³-hybridized carbons (Fsp3) is 0.0667. The van der Waals surface area contributed by atoms with Gasteiger partial charge in [-0.05, 0) is 54.1 Å². The molecule has 0 aliphatic carbocycles. The molecule has 1 heterocycles. The Labute approximate surface area is 226 Å². The molecule has 0 bridgehead atoms. The number of allylic oxidation sites excluding steroid dienone is 1. The lowest BCUT2D eigenvalue weighted by Gasteiger charge is -2.26. The molecule has 0 saturated carbocycles. The second-order valence-corrected chi connectivity index (χ2v) is 9.39. The molecule has 4 aromatic rings. The summed E-state index contributed by atoms with van der Waals surface area (Å²) in [6.45, 7) is 0.0875. The Balaban J connectivity index is 1.38. The van der Waals surface area contributed by atoms with Crippen molar-refractivity contribution in [3.8, 4) is 23.3 Å². The molecule has 0 radical (unpaired) electrons. The van der Waals surface area contributed by atoms with E-state index in [4.69, 9.17) is 19.9 Å². The Morgan fingerprint density at radius 2 is 1.71 bits per heavy atom. The molecule has 0 spiro atoms. The summed E-state index contributed by atoms with van der Waals surface area (Å²) in [5, 5.41) is 9.83. The summed E-state index contributed by atoms with van der Waals surface area (Å²) >= 11 is 3.34. The second kappa shape index (κ2) is 10.8. The van der Waals surface area contributed by atoms with Gasteiger partial charge in [0.05, 0.1) is 11.5 Å². The molecule has 6 nitrogen and oxygen atoms in total. The third-order valence-electron chi connectivity index (χ3n) is 6.05. The van der Waals surface area contributed by atoms with Gasteiger partial charge >= 0.3 is 5.97 Å². The lowest BCUT2D eigenvalue weighted by Crippen LogP contribution is -2.21. The smallest absolute Gasteiger partial charge is 0.343 e. The molecule has 2 N–H and O–H groups in total. The average molecular weight is 571 g/mol. The first kappa shape index (κ1) is 25.1. The maximum absolute atomic E-state index is 13.9. The summed E-state index contributed by atoms with van der Waals surface area (Å²) in [4.78, 5) is 12.5. The van der Waals surface area contributed by atoms with Crippen LogP contribution in [0.4, 0.5) is 4.39 Å². The van der Waals surface area contributed by atoms with E-state index < -0.39 is 11.9 Å². The van der Waals surface area contributed by atoms with E-state index in [1.807, 2.05) is 12.1 Å². The number of ether oxygens (including phenoxy) is 3. The molecule has 0 fully saturated rings. The third kappa shape index (κ3) is 5.24. The minimum absolute atomic E-state index is 0.0266. The highest BCUT2D eigenvalue weighted by Gasteiger charge is 2.31. The zero-order valence-corrected chi connectivity index (χ0v) is 21.4. The second-order valence-electron chi connectivity index (χ2n) is 8.47. The highest BCUT2D eigenvalue weighted by molar-refractivity contribution is 9.10. The van der Waals surface area contributed by atoms with Crippen LogP contribution in [0.2, 0.25) is 0 Å². The number of rotatable bonds is 6. The van der Waals surface area contributed by atoms with E-state index in [1.54, 1.807) is 72.8 Å². The molecule has 4 aromatic carbocycles. The van der Waals surface area contributed by atoms with Crippen molar-refractivity contribution in [3.63, 3.8) is 0 Å². The molecule has 1 unspecified atom stereocenters. The van der Waals surface area contributed by atoms with E-state index >= 15 is 0 Å². The zero-order valence-electron chi connectivity index (χ0n) is 19.9. The van der Waals surface area contributed by atoms with Crippen molar-refractivity contribution < 1.29 is 23.4 Å². The summed E-state index contributed by atoms with van der Waals surface area (Å²) in [5.74, 6) is -0.161. The molecule has 5 rings (SSSR count).